The van der Waals surface area contributed by atoms with Gasteiger partial charge in [-0.05, 0) is 49.6 Å². The molecule has 124 valence electrons. The summed E-state index contributed by atoms with van der Waals surface area (Å²) in [4.78, 5) is 0. The van der Waals surface area contributed by atoms with Crippen LogP contribution in [0.25, 0.3) is 0 Å². The van der Waals surface area contributed by atoms with Crippen molar-refractivity contribution in [1.82, 2.24) is 5.32 Å². The van der Waals surface area contributed by atoms with Gasteiger partial charge in [0.05, 0.1) is 0 Å². The Morgan fingerprint density at radius 3 is 2.35 bits per heavy atom. The van der Waals surface area contributed by atoms with E-state index in [1.807, 2.05) is 44.2 Å². The van der Waals surface area contributed by atoms with Gasteiger partial charge in [0.2, 0.25) is 0 Å². The topological polar surface area (TPSA) is 41.5 Å². The Morgan fingerprint density at radius 1 is 1.13 bits per heavy atom. The number of benzene rings is 2. The largest absolute Gasteiger partial charge is 0.491 e. The molecule has 2 atom stereocenters. The van der Waals surface area contributed by atoms with Crippen LogP contribution in [0, 0.1) is 13.8 Å². The first-order valence-electron chi connectivity index (χ1n) is 7.83. The minimum absolute atomic E-state index is 0.186. The Kier molecular flexibility index (Phi) is 6.46. The quantitative estimate of drug-likeness (QED) is 0.803. The molecule has 0 aliphatic heterocycles. The molecule has 0 fully saturated rings. The Morgan fingerprint density at radius 2 is 1.74 bits per heavy atom. The smallest absolute Gasteiger partial charge is 0.120 e. The summed E-state index contributed by atoms with van der Waals surface area (Å²) >= 11 is 6.14. The minimum atomic E-state index is -0.572. The first-order chi connectivity index (χ1) is 11.0. The Bertz CT molecular complexity index is 608. The van der Waals surface area contributed by atoms with E-state index in [0.29, 0.717) is 6.54 Å². The van der Waals surface area contributed by atoms with Gasteiger partial charge in [-0.25, -0.2) is 0 Å². The molecule has 0 saturated carbocycles. The molecule has 2 aromatic carbocycles. The zero-order valence-corrected chi connectivity index (χ0v) is 14.6. The Hall–Kier alpha value is -1.55. The van der Waals surface area contributed by atoms with Crippen LogP contribution >= 0.6 is 11.6 Å². The molecule has 0 saturated heterocycles. The summed E-state index contributed by atoms with van der Waals surface area (Å²) in [6, 6.07) is 14.1. The molecular formula is C19H24ClNO2. The van der Waals surface area contributed by atoms with Crippen molar-refractivity contribution in [3.05, 3.63) is 64.2 Å². The molecule has 0 spiro atoms. The lowest BCUT2D eigenvalue weighted by Crippen LogP contribution is -2.33. The molecule has 0 amide bonds. The summed E-state index contributed by atoms with van der Waals surface area (Å²) in [7, 11) is 0. The van der Waals surface area contributed by atoms with E-state index >= 15 is 0 Å². The highest BCUT2D eigenvalue weighted by Gasteiger charge is 2.10. The summed E-state index contributed by atoms with van der Waals surface area (Å²) in [5.74, 6) is 0.736. The third kappa shape index (κ3) is 5.24. The van der Waals surface area contributed by atoms with Gasteiger partial charge in [0.15, 0.2) is 0 Å². The molecule has 0 unspecified atom stereocenters. The maximum atomic E-state index is 10.1. The molecule has 4 heteroatoms. The lowest BCUT2D eigenvalue weighted by atomic mass is 10.1. The third-order valence-electron chi connectivity index (χ3n) is 3.81. The van der Waals surface area contributed by atoms with Crippen molar-refractivity contribution >= 4 is 11.6 Å². The molecule has 3 nitrogen and oxygen atoms in total. The predicted octanol–water partition coefficient (Wildman–Crippen LogP) is 4.05. The van der Waals surface area contributed by atoms with E-state index in [9.17, 15) is 5.11 Å². The third-order valence-corrected chi connectivity index (χ3v) is 4.41. The van der Waals surface area contributed by atoms with Crippen LogP contribution in [-0.2, 0) is 0 Å². The van der Waals surface area contributed by atoms with Crippen LogP contribution < -0.4 is 10.1 Å². The van der Waals surface area contributed by atoms with Crippen LogP contribution in [0.4, 0.5) is 0 Å². The van der Waals surface area contributed by atoms with Crippen LogP contribution in [-0.4, -0.2) is 24.4 Å². The van der Waals surface area contributed by atoms with Gasteiger partial charge in [-0.1, -0.05) is 41.9 Å². The molecule has 0 aliphatic rings. The highest BCUT2D eigenvalue weighted by molar-refractivity contribution is 6.32. The molecule has 2 N–H and O–H groups in total. The normalized spacial score (nSPS) is 13.6. The predicted molar refractivity (Wildman–Crippen MR) is 95.3 cm³/mol. The summed E-state index contributed by atoms with van der Waals surface area (Å²) < 4.78 is 5.67. The van der Waals surface area contributed by atoms with Crippen molar-refractivity contribution in [2.24, 2.45) is 0 Å². The number of rotatable bonds is 7. The monoisotopic (exact) mass is 333 g/mol. The van der Waals surface area contributed by atoms with Crippen molar-refractivity contribution in [2.75, 3.05) is 13.2 Å². The fraction of sp³-hybridized carbons (Fsp3) is 0.368. The average Bonchev–Trinajstić information content (AvgIpc) is 2.56. The molecule has 0 radical (unpaired) electrons. The lowest BCUT2D eigenvalue weighted by Gasteiger charge is -2.18. The number of aryl methyl sites for hydroxylation is 2. The fourth-order valence-corrected chi connectivity index (χ4v) is 2.52. The second-order valence-electron chi connectivity index (χ2n) is 5.88. The number of ether oxygens (including phenoxy) is 1. The van der Waals surface area contributed by atoms with Crippen LogP contribution in [0.5, 0.6) is 5.75 Å². The van der Waals surface area contributed by atoms with Crippen LogP contribution in [0.15, 0.2) is 42.5 Å². The Balaban J connectivity index is 1.80. The number of aliphatic hydroxyl groups is 1. The number of nitrogens with one attached hydrogen (secondary N) is 1. The van der Waals surface area contributed by atoms with Gasteiger partial charge >= 0.3 is 0 Å². The first kappa shape index (κ1) is 17.8. The van der Waals surface area contributed by atoms with E-state index in [4.69, 9.17) is 16.3 Å². The van der Waals surface area contributed by atoms with Gasteiger partial charge < -0.3 is 15.2 Å². The van der Waals surface area contributed by atoms with Gasteiger partial charge in [-0.3, -0.25) is 0 Å². The van der Waals surface area contributed by atoms with Gasteiger partial charge in [-0.2, -0.15) is 0 Å². The lowest BCUT2D eigenvalue weighted by molar-refractivity contribution is 0.104. The molecule has 0 aliphatic carbocycles. The first-order valence-corrected chi connectivity index (χ1v) is 8.21. The second-order valence-corrected chi connectivity index (χ2v) is 6.25. The van der Waals surface area contributed by atoms with E-state index in [1.165, 1.54) is 5.56 Å². The SMILES string of the molecule is Cc1cc(OC[C@@H](O)CN[C@H](C)c2ccccc2)cc(C)c1Cl. The van der Waals surface area contributed by atoms with E-state index in [2.05, 4.69) is 24.4 Å². The Labute approximate surface area is 143 Å². The van der Waals surface area contributed by atoms with Crippen molar-refractivity contribution in [3.8, 4) is 5.75 Å². The maximum Gasteiger partial charge on any atom is 0.120 e. The van der Waals surface area contributed by atoms with Crippen molar-refractivity contribution in [1.29, 1.82) is 0 Å². The number of halogens is 1. The molecule has 23 heavy (non-hydrogen) atoms. The summed E-state index contributed by atoms with van der Waals surface area (Å²) in [5.41, 5.74) is 3.16. The van der Waals surface area contributed by atoms with Gasteiger partial charge in [-0.15, -0.1) is 0 Å². The maximum absolute atomic E-state index is 10.1. The van der Waals surface area contributed by atoms with Gasteiger partial charge in [0.25, 0.3) is 0 Å². The van der Waals surface area contributed by atoms with E-state index in [1.54, 1.807) is 0 Å². The minimum Gasteiger partial charge on any atom is -0.491 e. The van der Waals surface area contributed by atoms with Crippen molar-refractivity contribution in [3.63, 3.8) is 0 Å². The average molecular weight is 334 g/mol. The summed E-state index contributed by atoms with van der Waals surface area (Å²) in [6.07, 6.45) is -0.572. The van der Waals surface area contributed by atoms with Gasteiger partial charge in [0, 0.05) is 17.6 Å². The summed E-state index contributed by atoms with van der Waals surface area (Å²) in [5, 5.41) is 14.2. The number of hydrogen-bond acceptors (Lipinski definition) is 3. The summed E-state index contributed by atoms with van der Waals surface area (Å²) in [6.45, 7) is 6.69. The van der Waals surface area contributed by atoms with E-state index < -0.39 is 6.10 Å². The molecule has 2 aromatic rings. The zero-order chi connectivity index (χ0) is 16.8. The molecule has 2 rings (SSSR count). The van der Waals surface area contributed by atoms with Crippen molar-refractivity contribution in [2.45, 2.75) is 32.9 Å². The molecule has 0 bridgehead atoms. The standard InChI is InChI=1S/C19H24ClNO2/c1-13-9-18(10-14(2)19(13)20)23-12-17(22)11-21-15(3)16-7-5-4-6-8-16/h4-10,15,17,21-22H,11-12H2,1-3H3/t15-,17+/m1/s1. The highest BCUT2D eigenvalue weighted by atomic mass is 35.5. The van der Waals surface area contributed by atoms with Crippen LogP contribution in [0.1, 0.15) is 29.7 Å². The fourth-order valence-electron chi connectivity index (χ4n) is 2.41. The van der Waals surface area contributed by atoms with E-state index in [-0.39, 0.29) is 12.6 Å². The molecule has 0 heterocycles. The van der Waals surface area contributed by atoms with Gasteiger partial charge in [0.1, 0.15) is 18.5 Å². The molecular weight excluding hydrogens is 310 g/mol. The highest BCUT2D eigenvalue weighted by Crippen LogP contribution is 2.25. The number of hydrogen-bond donors (Lipinski definition) is 2. The zero-order valence-electron chi connectivity index (χ0n) is 13.8. The second kappa shape index (κ2) is 8.34. The van der Waals surface area contributed by atoms with Crippen LogP contribution in [0.3, 0.4) is 0 Å². The molecule has 0 aromatic heterocycles. The van der Waals surface area contributed by atoms with Crippen LogP contribution in [0.2, 0.25) is 5.02 Å². The van der Waals surface area contributed by atoms with E-state index in [0.717, 1.165) is 21.9 Å². The number of aliphatic hydroxyl groups excluding tert-OH is 1. The van der Waals surface area contributed by atoms with Crippen molar-refractivity contribution < 1.29 is 9.84 Å².